The summed E-state index contributed by atoms with van der Waals surface area (Å²) in [5.74, 6) is 0.615. The Morgan fingerprint density at radius 1 is 0.729 bits per heavy atom. The lowest BCUT2D eigenvalue weighted by molar-refractivity contribution is -0.342. The van der Waals surface area contributed by atoms with Crippen LogP contribution >= 0.6 is 0 Å². The summed E-state index contributed by atoms with van der Waals surface area (Å²) < 4.78 is 46.1. The summed E-state index contributed by atoms with van der Waals surface area (Å²) in [4.78, 5) is 11.9. The van der Waals surface area contributed by atoms with Crippen molar-refractivity contribution in [2.24, 2.45) is 34.5 Å². The lowest BCUT2D eigenvalue weighted by Crippen LogP contribution is -2.63. The number of rotatable bonds is 10. The summed E-state index contributed by atoms with van der Waals surface area (Å²) in [6, 6.07) is 0. The second kappa shape index (κ2) is 17.0. The van der Waals surface area contributed by atoms with E-state index in [2.05, 4.69) is 13.8 Å². The van der Waals surface area contributed by atoms with E-state index in [1.165, 1.54) is 7.11 Å². The van der Waals surface area contributed by atoms with E-state index in [1.807, 2.05) is 0 Å². The van der Waals surface area contributed by atoms with Gasteiger partial charge in [-0.1, -0.05) is 13.8 Å². The molecule has 0 aromatic rings. The number of aliphatic hydroxyl groups is 8. The average Bonchev–Trinajstić information content (AvgIpc) is 3.77. The SMILES string of the molecule is CO[C@H]1C[C@@H](OC[C@H]2O[C@@H](OC[C@@H]3O[C@H](O[C@H]4CC[C@]5(C)[C@@H](CC[C@H]6[C@H]5CC[C@@]5(C)[C@H](C7=CC(=O)OC7)CC[C@]65O)C4)[C@@H](O)[C@H](O)[C@H]3O)[C@H](O)[C@H](O)[C@@H]2O)O[C@H](C)[C@@H]1O. The number of carbonyl (C=O) groups excluding carboxylic acids is 1. The van der Waals surface area contributed by atoms with E-state index < -0.39 is 98.2 Å². The lowest BCUT2D eigenvalue weighted by Gasteiger charge is -2.64. The van der Waals surface area contributed by atoms with Gasteiger partial charge in [0.25, 0.3) is 0 Å². The standard InChI is InChI=1S/C42H66O17/c1-19-31(44)26(52-4)15-30(56-19)54-17-27-32(45)34(47)36(49)38(58-27)55-18-28-33(46)35(48)37(50)39(59-28)57-22-7-10-40(2)21(14-22)5-6-25-24(40)8-11-41(3)23(9-12-42(25,41)51)20-13-29(43)53-16-20/h13,19,21-28,30-39,44-51H,5-12,14-18H2,1-4H3/t19-,21+,22+,23+,24-,25+,26+,27-,28+,30+,31+,32-,33+,34-,35-,36-,37+,38-,39+,40-,41+,42+/m1/s1. The van der Waals surface area contributed by atoms with Crippen molar-refractivity contribution in [1.29, 1.82) is 0 Å². The highest BCUT2D eigenvalue weighted by molar-refractivity contribution is 5.85. The van der Waals surface area contributed by atoms with E-state index in [0.29, 0.717) is 37.7 Å². The van der Waals surface area contributed by atoms with Gasteiger partial charge in [-0.25, -0.2) is 4.79 Å². The van der Waals surface area contributed by atoms with Crippen LogP contribution in [0, 0.1) is 34.5 Å². The van der Waals surface area contributed by atoms with Crippen LogP contribution in [0.2, 0.25) is 0 Å². The topological polar surface area (TPSA) is 253 Å². The lowest BCUT2D eigenvalue weighted by atomic mass is 9.43. The van der Waals surface area contributed by atoms with Gasteiger partial charge in [-0.05, 0) is 99.4 Å². The van der Waals surface area contributed by atoms with Gasteiger partial charge in [-0.3, -0.25) is 0 Å². The fraction of sp³-hybridized carbons (Fsp3) is 0.929. The molecule has 7 fully saturated rings. The first-order valence-corrected chi connectivity index (χ1v) is 21.7. The van der Waals surface area contributed by atoms with Gasteiger partial charge in [-0.2, -0.15) is 0 Å². The van der Waals surface area contributed by atoms with Crippen LogP contribution in [0.3, 0.4) is 0 Å². The predicted octanol–water partition coefficient (Wildman–Crippen LogP) is -0.212. The van der Waals surface area contributed by atoms with Crippen molar-refractivity contribution in [2.75, 3.05) is 26.9 Å². The van der Waals surface area contributed by atoms with Crippen LogP contribution in [0.5, 0.6) is 0 Å². The first-order valence-electron chi connectivity index (χ1n) is 21.7. The van der Waals surface area contributed by atoms with Gasteiger partial charge in [0.1, 0.15) is 61.5 Å². The summed E-state index contributed by atoms with van der Waals surface area (Å²) >= 11 is 0. The van der Waals surface area contributed by atoms with Crippen molar-refractivity contribution in [3.63, 3.8) is 0 Å². The highest BCUT2D eigenvalue weighted by Gasteiger charge is 2.68. The van der Waals surface area contributed by atoms with Crippen LogP contribution in [-0.4, -0.2) is 171 Å². The van der Waals surface area contributed by atoms with E-state index in [0.717, 1.165) is 44.1 Å². The summed E-state index contributed by atoms with van der Waals surface area (Å²) in [6.45, 7) is 5.86. The first-order chi connectivity index (χ1) is 28.0. The largest absolute Gasteiger partial charge is 0.458 e. The van der Waals surface area contributed by atoms with Gasteiger partial charge < -0.3 is 78.7 Å². The molecule has 17 heteroatoms. The predicted molar refractivity (Wildman–Crippen MR) is 202 cm³/mol. The highest BCUT2D eigenvalue weighted by atomic mass is 16.7. The van der Waals surface area contributed by atoms with E-state index in [-0.39, 0.29) is 47.8 Å². The third kappa shape index (κ3) is 7.75. The molecule has 0 bridgehead atoms. The van der Waals surface area contributed by atoms with E-state index >= 15 is 0 Å². The van der Waals surface area contributed by atoms with E-state index in [4.69, 9.17) is 37.9 Å². The van der Waals surface area contributed by atoms with Gasteiger partial charge in [-0.15, -0.1) is 0 Å². The molecule has 0 radical (unpaired) electrons. The number of fused-ring (bicyclic) bond motifs is 5. The number of methoxy groups -OCH3 is 1. The molecule has 336 valence electrons. The summed E-state index contributed by atoms with van der Waals surface area (Å²) in [5.41, 5.74) is -0.156. The van der Waals surface area contributed by atoms with Crippen LogP contribution in [0.1, 0.15) is 85.0 Å². The number of esters is 1. The number of ether oxygens (including phenoxy) is 8. The molecule has 4 aliphatic heterocycles. The van der Waals surface area contributed by atoms with E-state index in [1.54, 1.807) is 13.0 Å². The maximum absolute atomic E-state index is 12.6. The van der Waals surface area contributed by atoms with Crippen molar-refractivity contribution >= 4 is 5.97 Å². The maximum atomic E-state index is 12.6. The molecular weight excluding hydrogens is 776 g/mol. The molecule has 3 saturated heterocycles. The zero-order chi connectivity index (χ0) is 42.2. The van der Waals surface area contributed by atoms with Gasteiger partial charge in [0.05, 0.1) is 37.1 Å². The minimum atomic E-state index is -1.69. The fourth-order valence-electron chi connectivity index (χ4n) is 12.8. The molecule has 0 aromatic carbocycles. The Morgan fingerprint density at radius 3 is 2.08 bits per heavy atom. The summed E-state index contributed by atoms with van der Waals surface area (Å²) in [6.07, 6.45) is -8.63. The summed E-state index contributed by atoms with van der Waals surface area (Å²) in [7, 11) is 1.47. The zero-order valence-corrected chi connectivity index (χ0v) is 34.5. The Labute approximate surface area is 344 Å². The minimum Gasteiger partial charge on any atom is -0.458 e. The Hall–Kier alpha value is -1.39. The minimum absolute atomic E-state index is 0.0275. The van der Waals surface area contributed by atoms with Crippen LogP contribution in [0.4, 0.5) is 0 Å². The molecule has 0 unspecified atom stereocenters. The Morgan fingerprint density at radius 2 is 1.41 bits per heavy atom. The Bertz CT molecular complexity index is 1530. The normalized spacial score (nSPS) is 53.9. The van der Waals surface area contributed by atoms with E-state index in [9.17, 15) is 45.6 Å². The number of aliphatic hydroxyl groups excluding tert-OH is 7. The van der Waals surface area contributed by atoms with Crippen molar-refractivity contribution in [2.45, 2.75) is 183 Å². The molecule has 8 rings (SSSR count). The van der Waals surface area contributed by atoms with Crippen molar-refractivity contribution in [1.82, 2.24) is 0 Å². The molecule has 0 amide bonds. The van der Waals surface area contributed by atoms with Crippen molar-refractivity contribution in [3.05, 3.63) is 11.6 Å². The van der Waals surface area contributed by atoms with Crippen LogP contribution in [0.25, 0.3) is 0 Å². The van der Waals surface area contributed by atoms with Gasteiger partial charge in [0, 0.05) is 25.0 Å². The Balaban J connectivity index is 0.861. The van der Waals surface area contributed by atoms with Crippen molar-refractivity contribution < 1.29 is 83.5 Å². The second-order valence-electron chi connectivity index (χ2n) is 19.3. The number of hydrogen-bond donors (Lipinski definition) is 8. The highest BCUT2D eigenvalue weighted by Crippen LogP contribution is 2.70. The van der Waals surface area contributed by atoms with Crippen LogP contribution in [-0.2, 0) is 42.7 Å². The number of carbonyl (C=O) groups is 1. The molecule has 0 aromatic heterocycles. The average molecular weight is 843 g/mol. The molecule has 0 spiro atoms. The quantitative estimate of drug-likeness (QED) is 0.105. The Kier molecular flexibility index (Phi) is 12.7. The molecule has 4 saturated carbocycles. The molecule has 4 aliphatic carbocycles. The molecule has 8 aliphatic rings. The molecule has 59 heavy (non-hydrogen) atoms. The van der Waals surface area contributed by atoms with Crippen molar-refractivity contribution in [3.8, 4) is 0 Å². The molecule has 17 nitrogen and oxygen atoms in total. The van der Waals surface area contributed by atoms with Crippen LogP contribution < -0.4 is 0 Å². The molecular formula is C42H66O17. The number of hydrogen-bond acceptors (Lipinski definition) is 17. The molecule has 8 N–H and O–H groups in total. The second-order valence-corrected chi connectivity index (χ2v) is 19.3. The smallest absolute Gasteiger partial charge is 0.331 e. The number of cyclic esters (lactones) is 1. The third-order valence-electron chi connectivity index (χ3n) is 16.4. The zero-order valence-electron chi connectivity index (χ0n) is 34.5. The molecule has 4 heterocycles. The summed E-state index contributed by atoms with van der Waals surface area (Å²) in [5, 5.41) is 87.7. The first kappa shape index (κ1) is 44.2. The van der Waals surface area contributed by atoms with Crippen LogP contribution in [0.15, 0.2) is 11.6 Å². The maximum Gasteiger partial charge on any atom is 0.331 e. The van der Waals surface area contributed by atoms with Gasteiger partial charge in [0.15, 0.2) is 18.9 Å². The molecule has 22 atom stereocenters. The van der Waals surface area contributed by atoms with Gasteiger partial charge >= 0.3 is 5.97 Å². The third-order valence-corrected chi connectivity index (χ3v) is 16.4. The fourth-order valence-corrected chi connectivity index (χ4v) is 12.8. The monoisotopic (exact) mass is 842 g/mol. The van der Waals surface area contributed by atoms with Gasteiger partial charge in [0.2, 0.25) is 0 Å².